The predicted octanol–water partition coefficient (Wildman–Crippen LogP) is 2.45. The van der Waals surface area contributed by atoms with Crippen LogP contribution in [0.2, 0.25) is 5.02 Å². The third-order valence-corrected chi connectivity index (χ3v) is 4.42. The van der Waals surface area contributed by atoms with E-state index in [-0.39, 0.29) is 11.9 Å². The molecule has 0 aliphatic carbocycles. The van der Waals surface area contributed by atoms with Crippen LogP contribution in [0.3, 0.4) is 0 Å². The number of pyridine rings is 1. The molecular weight excluding hydrogens is 354 g/mol. The van der Waals surface area contributed by atoms with Crippen molar-refractivity contribution in [1.82, 2.24) is 20.0 Å². The SMILES string of the molecule is O=C(NCc1cn2cc(Cl)ccc2n1)c1ccc(N2CCNC2=O)cc1. The van der Waals surface area contributed by atoms with Crippen LogP contribution in [0.5, 0.6) is 0 Å². The first-order valence-electron chi connectivity index (χ1n) is 8.17. The van der Waals surface area contributed by atoms with Crippen molar-refractivity contribution in [1.29, 1.82) is 0 Å². The van der Waals surface area contributed by atoms with Gasteiger partial charge in [-0.1, -0.05) is 11.6 Å². The van der Waals surface area contributed by atoms with Crippen molar-refractivity contribution in [3.63, 3.8) is 0 Å². The number of halogens is 1. The molecule has 132 valence electrons. The number of nitrogens with zero attached hydrogens (tertiary/aromatic N) is 3. The van der Waals surface area contributed by atoms with Crippen LogP contribution in [0, 0.1) is 0 Å². The van der Waals surface area contributed by atoms with Gasteiger partial charge in [-0.3, -0.25) is 9.69 Å². The normalized spacial score (nSPS) is 13.9. The van der Waals surface area contributed by atoms with E-state index < -0.39 is 0 Å². The summed E-state index contributed by atoms with van der Waals surface area (Å²) in [6.45, 7) is 1.57. The van der Waals surface area contributed by atoms with Gasteiger partial charge < -0.3 is 15.0 Å². The van der Waals surface area contributed by atoms with E-state index in [9.17, 15) is 9.59 Å². The Morgan fingerprint density at radius 3 is 2.73 bits per heavy atom. The van der Waals surface area contributed by atoms with Gasteiger partial charge in [-0.05, 0) is 36.4 Å². The third kappa shape index (κ3) is 3.21. The van der Waals surface area contributed by atoms with E-state index in [1.165, 1.54) is 0 Å². The predicted molar refractivity (Wildman–Crippen MR) is 98.6 cm³/mol. The van der Waals surface area contributed by atoms with Gasteiger partial charge in [-0.15, -0.1) is 0 Å². The van der Waals surface area contributed by atoms with Gasteiger partial charge in [-0.25, -0.2) is 9.78 Å². The molecule has 8 heteroatoms. The lowest BCUT2D eigenvalue weighted by atomic mass is 10.2. The van der Waals surface area contributed by atoms with E-state index in [4.69, 9.17) is 11.6 Å². The summed E-state index contributed by atoms with van der Waals surface area (Å²) in [5.74, 6) is -0.197. The van der Waals surface area contributed by atoms with Gasteiger partial charge >= 0.3 is 6.03 Å². The van der Waals surface area contributed by atoms with Crippen LogP contribution in [-0.4, -0.2) is 34.4 Å². The van der Waals surface area contributed by atoms with Gasteiger partial charge in [0.1, 0.15) is 5.65 Å². The lowest BCUT2D eigenvalue weighted by Crippen LogP contribution is -2.28. The molecule has 26 heavy (non-hydrogen) atoms. The van der Waals surface area contributed by atoms with E-state index in [0.717, 1.165) is 17.0 Å². The smallest absolute Gasteiger partial charge is 0.321 e. The number of carbonyl (C=O) groups is 2. The number of urea groups is 1. The first kappa shape index (κ1) is 16.4. The Morgan fingerprint density at radius 1 is 1.19 bits per heavy atom. The van der Waals surface area contributed by atoms with Crippen molar-refractivity contribution in [2.75, 3.05) is 18.0 Å². The molecule has 0 saturated carbocycles. The summed E-state index contributed by atoms with van der Waals surface area (Å²) < 4.78 is 1.82. The largest absolute Gasteiger partial charge is 0.346 e. The Kier molecular flexibility index (Phi) is 4.22. The summed E-state index contributed by atoms with van der Waals surface area (Å²) in [6, 6.07) is 10.4. The maximum atomic E-state index is 12.3. The molecule has 3 amide bonds. The van der Waals surface area contributed by atoms with E-state index in [1.807, 2.05) is 16.7 Å². The van der Waals surface area contributed by atoms with Crippen molar-refractivity contribution in [3.8, 4) is 0 Å². The third-order valence-electron chi connectivity index (χ3n) is 4.19. The van der Waals surface area contributed by atoms with Gasteiger partial charge in [0.15, 0.2) is 0 Å². The van der Waals surface area contributed by atoms with Crippen LogP contribution in [-0.2, 0) is 6.54 Å². The summed E-state index contributed by atoms with van der Waals surface area (Å²) in [5.41, 5.74) is 2.81. The van der Waals surface area contributed by atoms with Gasteiger partial charge in [0.05, 0.1) is 17.3 Å². The monoisotopic (exact) mass is 369 g/mol. The first-order valence-corrected chi connectivity index (χ1v) is 8.55. The molecule has 4 rings (SSSR count). The van der Waals surface area contributed by atoms with Gasteiger partial charge in [0, 0.05) is 36.7 Å². The van der Waals surface area contributed by atoms with Crippen LogP contribution in [0.25, 0.3) is 5.65 Å². The summed E-state index contributed by atoms with van der Waals surface area (Å²) in [5, 5.41) is 6.22. The molecule has 0 radical (unpaired) electrons. The fraction of sp³-hybridized carbons (Fsp3) is 0.167. The molecule has 7 nitrogen and oxygen atoms in total. The molecule has 0 spiro atoms. The minimum Gasteiger partial charge on any atom is -0.346 e. The minimum atomic E-state index is -0.197. The van der Waals surface area contributed by atoms with Crippen LogP contribution in [0.1, 0.15) is 16.1 Å². The maximum Gasteiger partial charge on any atom is 0.321 e. The number of imidazole rings is 1. The second kappa shape index (κ2) is 6.68. The van der Waals surface area contributed by atoms with E-state index in [0.29, 0.717) is 30.2 Å². The number of amides is 3. The van der Waals surface area contributed by atoms with Crippen LogP contribution < -0.4 is 15.5 Å². The highest BCUT2D eigenvalue weighted by Gasteiger charge is 2.21. The van der Waals surface area contributed by atoms with E-state index in [2.05, 4.69) is 15.6 Å². The molecule has 2 N–H and O–H groups in total. The summed E-state index contributed by atoms with van der Waals surface area (Å²) in [6.07, 6.45) is 3.60. The number of hydrogen-bond acceptors (Lipinski definition) is 3. The lowest BCUT2D eigenvalue weighted by Gasteiger charge is -2.14. The highest BCUT2D eigenvalue weighted by atomic mass is 35.5. The zero-order valence-electron chi connectivity index (χ0n) is 13.8. The van der Waals surface area contributed by atoms with Gasteiger partial charge in [-0.2, -0.15) is 0 Å². The van der Waals surface area contributed by atoms with Crippen LogP contribution >= 0.6 is 11.6 Å². The van der Waals surface area contributed by atoms with Crippen LogP contribution in [0.15, 0.2) is 48.8 Å². The second-order valence-corrected chi connectivity index (χ2v) is 6.39. The highest BCUT2D eigenvalue weighted by Crippen LogP contribution is 2.17. The van der Waals surface area contributed by atoms with Crippen LogP contribution in [0.4, 0.5) is 10.5 Å². The zero-order valence-corrected chi connectivity index (χ0v) is 14.5. The molecule has 3 heterocycles. The molecule has 1 aliphatic rings. The Hall–Kier alpha value is -3.06. The molecular formula is C18H16ClN5O2. The lowest BCUT2D eigenvalue weighted by molar-refractivity contribution is 0.0950. The van der Waals surface area contributed by atoms with Crippen molar-refractivity contribution in [3.05, 3.63) is 65.1 Å². The summed E-state index contributed by atoms with van der Waals surface area (Å²) in [4.78, 5) is 30.1. The number of aromatic nitrogens is 2. The Balaban J connectivity index is 1.41. The van der Waals surface area contributed by atoms with Crippen molar-refractivity contribution >= 4 is 34.9 Å². The van der Waals surface area contributed by atoms with E-state index >= 15 is 0 Å². The average Bonchev–Trinajstić information content (AvgIpc) is 3.25. The number of benzene rings is 1. The standard InChI is InChI=1S/C18H16ClN5O2/c19-13-3-6-16-22-14(11-23(16)10-13)9-21-17(25)12-1-4-15(5-2-12)24-8-7-20-18(24)26/h1-6,10-11H,7-9H2,(H,20,26)(H,21,25). The van der Waals surface area contributed by atoms with Crippen molar-refractivity contribution in [2.24, 2.45) is 0 Å². The molecule has 1 aliphatic heterocycles. The Morgan fingerprint density at radius 2 is 2.00 bits per heavy atom. The Labute approximate surface area is 154 Å². The number of carbonyl (C=O) groups excluding carboxylic acids is 2. The molecule has 0 unspecified atom stereocenters. The zero-order chi connectivity index (χ0) is 18.1. The number of rotatable bonds is 4. The Bertz CT molecular complexity index is 983. The molecule has 1 fully saturated rings. The highest BCUT2D eigenvalue weighted by molar-refractivity contribution is 6.30. The van der Waals surface area contributed by atoms with Gasteiger partial charge in [0.2, 0.25) is 0 Å². The summed E-state index contributed by atoms with van der Waals surface area (Å²) in [7, 11) is 0. The maximum absolute atomic E-state index is 12.3. The number of nitrogens with one attached hydrogen (secondary N) is 2. The minimum absolute atomic E-state index is 0.117. The van der Waals surface area contributed by atoms with E-state index in [1.54, 1.807) is 41.4 Å². The topological polar surface area (TPSA) is 78.7 Å². The molecule has 0 atom stereocenters. The summed E-state index contributed by atoms with van der Waals surface area (Å²) >= 11 is 5.96. The fourth-order valence-corrected chi connectivity index (χ4v) is 3.05. The number of anilines is 1. The van der Waals surface area contributed by atoms with Crippen molar-refractivity contribution < 1.29 is 9.59 Å². The fourth-order valence-electron chi connectivity index (χ4n) is 2.89. The molecule has 0 bridgehead atoms. The second-order valence-electron chi connectivity index (χ2n) is 5.96. The molecule has 1 saturated heterocycles. The molecule has 2 aromatic heterocycles. The number of fused-ring (bicyclic) bond motifs is 1. The number of hydrogen-bond donors (Lipinski definition) is 2. The quantitative estimate of drug-likeness (QED) is 0.741. The molecule has 1 aromatic carbocycles. The average molecular weight is 370 g/mol. The first-order chi connectivity index (χ1) is 12.6. The van der Waals surface area contributed by atoms with Gasteiger partial charge in [0.25, 0.3) is 5.91 Å². The van der Waals surface area contributed by atoms with Crippen molar-refractivity contribution in [2.45, 2.75) is 6.54 Å². The molecule has 3 aromatic rings.